The Kier molecular flexibility index (Phi) is 7.09. The molecule has 0 radical (unpaired) electrons. The summed E-state index contributed by atoms with van der Waals surface area (Å²) < 4.78 is 6.41. The minimum atomic E-state index is -0.364. The first-order chi connectivity index (χ1) is 13.6. The predicted octanol–water partition coefficient (Wildman–Crippen LogP) is 4.19. The molecule has 1 unspecified atom stereocenters. The molecule has 0 spiro atoms. The van der Waals surface area contributed by atoms with Gasteiger partial charge in [-0.05, 0) is 31.2 Å². The predicted molar refractivity (Wildman–Crippen MR) is 115 cm³/mol. The standard InChI is InChI=1S/C22H23ClN2O2S/c1-3-27-19-12-8-7-11-18(19)24-22(26)21(16-9-5-4-6-10-16)25(2)15-17-13-14-20(23)28-17/h4-14,21H,3,15H2,1-2H3,(H,24,26)/p+1/t21-/m1/s1. The lowest BCUT2D eigenvalue weighted by Crippen LogP contribution is -3.09. The average molecular weight is 416 g/mol. The van der Waals surface area contributed by atoms with Crippen molar-refractivity contribution in [3.05, 3.63) is 81.5 Å². The quantitative estimate of drug-likeness (QED) is 0.579. The molecule has 0 saturated heterocycles. The Morgan fingerprint density at radius 2 is 1.82 bits per heavy atom. The van der Waals surface area contributed by atoms with Gasteiger partial charge in [0.25, 0.3) is 5.91 Å². The summed E-state index contributed by atoms with van der Waals surface area (Å²) in [5.74, 6) is 0.603. The number of carbonyl (C=O) groups is 1. The minimum Gasteiger partial charge on any atom is -0.492 e. The van der Waals surface area contributed by atoms with Gasteiger partial charge in [0.05, 0.1) is 28.6 Å². The molecule has 6 heteroatoms. The fraction of sp³-hybridized carbons (Fsp3) is 0.227. The van der Waals surface area contributed by atoms with Crippen LogP contribution >= 0.6 is 22.9 Å². The van der Waals surface area contributed by atoms with Crippen LogP contribution in [-0.4, -0.2) is 19.6 Å². The van der Waals surface area contributed by atoms with Gasteiger partial charge in [0.1, 0.15) is 12.3 Å². The largest absolute Gasteiger partial charge is 0.492 e. The maximum absolute atomic E-state index is 13.3. The normalized spacial score (nSPS) is 13.0. The second kappa shape index (κ2) is 9.73. The fourth-order valence-electron chi connectivity index (χ4n) is 3.18. The molecule has 0 aliphatic carbocycles. The van der Waals surface area contributed by atoms with E-state index in [4.69, 9.17) is 16.3 Å². The first-order valence-electron chi connectivity index (χ1n) is 9.22. The van der Waals surface area contributed by atoms with Crippen LogP contribution in [0, 0.1) is 0 Å². The Labute approximate surface area is 174 Å². The van der Waals surface area contributed by atoms with Crippen molar-refractivity contribution >= 4 is 34.5 Å². The molecule has 2 N–H and O–H groups in total. The Bertz CT molecular complexity index is 914. The summed E-state index contributed by atoms with van der Waals surface area (Å²) in [7, 11) is 2.03. The smallest absolute Gasteiger partial charge is 0.287 e. The number of amides is 1. The molecule has 4 nitrogen and oxygen atoms in total. The number of benzene rings is 2. The Balaban J connectivity index is 1.85. The molecule has 0 aliphatic rings. The summed E-state index contributed by atoms with van der Waals surface area (Å²) in [6.45, 7) is 3.17. The number of anilines is 1. The van der Waals surface area contributed by atoms with Crippen molar-refractivity contribution in [2.24, 2.45) is 0 Å². The highest BCUT2D eigenvalue weighted by atomic mass is 35.5. The highest BCUT2D eigenvalue weighted by molar-refractivity contribution is 7.16. The van der Waals surface area contributed by atoms with Gasteiger partial charge in [0.2, 0.25) is 0 Å². The number of ether oxygens (including phenoxy) is 1. The molecule has 0 aliphatic heterocycles. The molecule has 2 aromatic carbocycles. The van der Waals surface area contributed by atoms with Gasteiger partial charge in [-0.2, -0.15) is 0 Å². The molecule has 3 rings (SSSR count). The molecule has 28 heavy (non-hydrogen) atoms. The zero-order valence-electron chi connectivity index (χ0n) is 15.9. The highest BCUT2D eigenvalue weighted by Gasteiger charge is 2.30. The summed E-state index contributed by atoms with van der Waals surface area (Å²) in [6, 6.07) is 20.9. The third kappa shape index (κ3) is 5.13. The van der Waals surface area contributed by atoms with Crippen molar-refractivity contribution in [3.8, 4) is 5.75 Å². The molecule has 0 fully saturated rings. The van der Waals surface area contributed by atoms with E-state index in [1.165, 1.54) is 0 Å². The van der Waals surface area contributed by atoms with E-state index in [-0.39, 0.29) is 11.9 Å². The van der Waals surface area contributed by atoms with Crippen LogP contribution in [0.25, 0.3) is 0 Å². The van der Waals surface area contributed by atoms with Gasteiger partial charge in [0.15, 0.2) is 6.04 Å². The van der Waals surface area contributed by atoms with Gasteiger partial charge in [-0.3, -0.25) is 4.79 Å². The molecule has 2 atom stereocenters. The molecule has 0 saturated carbocycles. The third-order valence-electron chi connectivity index (χ3n) is 4.41. The molecule has 1 heterocycles. The van der Waals surface area contributed by atoms with Gasteiger partial charge in [-0.15, -0.1) is 11.3 Å². The number of hydrogen-bond donors (Lipinski definition) is 2. The lowest BCUT2D eigenvalue weighted by molar-refractivity contribution is -0.915. The van der Waals surface area contributed by atoms with Crippen LogP contribution in [0.4, 0.5) is 5.69 Å². The van der Waals surface area contributed by atoms with E-state index in [1.54, 1.807) is 11.3 Å². The van der Waals surface area contributed by atoms with Crippen LogP contribution in [0.2, 0.25) is 4.34 Å². The Hall–Kier alpha value is -2.34. The van der Waals surface area contributed by atoms with Crippen LogP contribution in [0.5, 0.6) is 5.75 Å². The van der Waals surface area contributed by atoms with Crippen molar-refractivity contribution in [1.29, 1.82) is 0 Å². The monoisotopic (exact) mass is 415 g/mol. The molecule has 0 bridgehead atoms. The summed E-state index contributed by atoms with van der Waals surface area (Å²) in [4.78, 5) is 15.5. The van der Waals surface area contributed by atoms with E-state index in [0.717, 1.165) is 19.7 Å². The van der Waals surface area contributed by atoms with Crippen LogP contribution in [-0.2, 0) is 11.3 Å². The van der Waals surface area contributed by atoms with Crippen LogP contribution in [0.15, 0.2) is 66.7 Å². The fourth-order valence-corrected chi connectivity index (χ4v) is 4.37. The SMILES string of the molecule is CCOc1ccccc1NC(=O)[C@@H](c1ccccc1)[NH+](C)Cc1ccc(Cl)s1. The maximum Gasteiger partial charge on any atom is 0.287 e. The summed E-state index contributed by atoms with van der Waals surface area (Å²) in [5, 5.41) is 3.06. The third-order valence-corrected chi connectivity index (χ3v) is 5.65. The van der Waals surface area contributed by atoms with Crippen molar-refractivity contribution < 1.29 is 14.4 Å². The number of thiophene rings is 1. The molecule has 1 aromatic heterocycles. The zero-order valence-corrected chi connectivity index (χ0v) is 17.5. The van der Waals surface area contributed by atoms with Crippen molar-refractivity contribution in [1.82, 2.24) is 0 Å². The number of nitrogens with one attached hydrogen (secondary N) is 2. The Morgan fingerprint density at radius 1 is 1.11 bits per heavy atom. The number of carbonyl (C=O) groups excluding carboxylic acids is 1. The van der Waals surface area contributed by atoms with Crippen molar-refractivity contribution in [3.63, 3.8) is 0 Å². The number of rotatable bonds is 8. The first-order valence-corrected chi connectivity index (χ1v) is 10.4. The number of likely N-dealkylation sites (N-methyl/N-ethyl adjacent to an activating group) is 1. The molecule has 3 aromatic rings. The van der Waals surface area contributed by atoms with Gasteiger partial charge in [-0.1, -0.05) is 54.1 Å². The lowest BCUT2D eigenvalue weighted by atomic mass is 10.0. The van der Waals surface area contributed by atoms with Crippen LogP contribution in [0.3, 0.4) is 0 Å². The van der Waals surface area contributed by atoms with Crippen LogP contribution < -0.4 is 15.0 Å². The number of hydrogen-bond acceptors (Lipinski definition) is 3. The zero-order chi connectivity index (χ0) is 19.9. The number of para-hydroxylation sites is 2. The second-order valence-corrected chi connectivity index (χ2v) is 8.29. The van der Waals surface area contributed by atoms with Crippen molar-refractivity contribution in [2.45, 2.75) is 19.5 Å². The number of quaternary nitrogens is 1. The van der Waals surface area contributed by atoms with Gasteiger partial charge in [-0.25, -0.2) is 0 Å². The first kappa shape index (κ1) is 20.4. The van der Waals surface area contributed by atoms with E-state index >= 15 is 0 Å². The highest BCUT2D eigenvalue weighted by Crippen LogP contribution is 2.25. The maximum atomic E-state index is 13.3. The van der Waals surface area contributed by atoms with E-state index in [9.17, 15) is 4.79 Å². The second-order valence-electron chi connectivity index (χ2n) is 6.49. The van der Waals surface area contributed by atoms with E-state index in [0.29, 0.717) is 24.6 Å². The lowest BCUT2D eigenvalue weighted by Gasteiger charge is -2.24. The number of halogens is 1. The molecule has 146 valence electrons. The van der Waals surface area contributed by atoms with Gasteiger partial charge in [0, 0.05) is 5.56 Å². The van der Waals surface area contributed by atoms with Gasteiger partial charge < -0.3 is 15.0 Å². The average Bonchev–Trinajstić information content (AvgIpc) is 3.09. The van der Waals surface area contributed by atoms with E-state index in [1.807, 2.05) is 80.7 Å². The minimum absolute atomic E-state index is 0.0708. The molecule has 1 amide bonds. The molecular formula is C22H24ClN2O2S+. The Morgan fingerprint density at radius 3 is 2.50 bits per heavy atom. The summed E-state index contributed by atoms with van der Waals surface area (Å²) in [6.07, 6.45) is 0. The van der Waals surface area contributed by atoms with Crippen LogP contribution in [0.1, 0.15) is 23.4 Å². The summed E-state index contributed by atoms with van der Waals surface area (Å²) in [5.41, 5.74) is 1.65. The molecular weight excluding hydrogens is 392 g/mol. The van der Waals surface area contributed by atoms with E-state index < -0.39 is 0 Å². The topological polar surface area (TPSA) is 42.8 Å². The van der Waals surface area contributed by atoms with Gasteiger partial charge >= 0.3 is 0 Å². The van der Waals surface area contributed by atoms with Crippen molar-refractivity contribution in [2.75, 3.05) is 19.0 Å². The van der Waals surface area contributed by atoms with E-state index in [2.05, 4.69) is 5.32 Å². The summed E-state index contributed by atoms with van der Waals surface area (Å²) >= 11 is 7.62.